The first kappa shape index (κ1) is 20.2. The quantitative estimate of drug-likeness (QED) is 0.749. The number of hydrogen-bond acceptors (Lipinski definition) is 4. The van der Waals surface area contributed by atoms with Crippen LogP contribution in [0, 0.1) is 5.92 Å². The van der Waals surface area contributed by atoms with Crippen LogP contribution in [0.5, 0.6) is 5.75 Å². The molecule has 0 heterocycles. The molecule has 0 aliphatic carbocycles. The van der Waals surface area contributed by atoms with Gasteiger partial charge in [-0.25, -0.2) is 13.1 Å². The number of methoxy groups -OCH3 is 1. The Hall–Kier alpha value is -2.09. The molecule has 0 radical (unpaired) electrons. The summed E-state index contributed by atoms with van der Waals surface area (Å²) in [5.41, 5.74) is 0.745. The van der Waals surface area contributed by atoms with E-state index in [0.29, 0.717) is 28.6 Å². The summed E-state index contributed by atoms with van der Waals surface area (Å²) in [6, 6.07) is 10.6. The third-order valence-corrected chi connectivity index (χ3v) is 5.19. The first-order valence-electron chi connectivity index (χ1n) is 7.97. The molecule has 6 nitrogen and oxygen atoms in total. The van der Waals surface area contributed by atoms with Crippen molar-refractivity contribution in [2.24, 2.45) is 5.92 Å². The lowest BCUT2D eigenvalue weighted by Gasteiger charge is -2.11. The van der Waals surface area contributed by atoms with E-state index in [1.165, 1.54) is 31.4 Å². The van der Waals surface area contributed by atoms with E-state index in [1.54, 1.807) is 18.2 Å². The third-order valence-electron chi connectivity index (χ3n) is 3.52. The van der Waals surface area contributed by atoms with Crippen molar-refractivity contribution in [3.63, 3.8) is 0 Å². The summed E-state index contributed by atoms with van der Waals surface area (Å²) in [6.45, 7) is 4.18. The molecule has 2 rings (SSSR count). The van der Waals surface area contributed by atoms with Crippen molar-refractivity contribution in [1.82, 2.24) is 4.72 Å². The summed E-state index contributed by atoms with van der Waals surface area (Å²) in [7, 11) is -2.10. The molecule has 2 aromatic carbocycles. The number of rotatable bonds is 7. The van der Waals surface area contributed by atoms with Gasteiger partial charge in [0.05, 0.1) is 17.7 Å². The van der Waals surface area contributed by atoms with Crippen molar-refractivity contribution >= 4 is 33.2 Å². The molecule has 0 saturated heterocycles. The minimum atomic E-state index is -3.59. The van der Waals surface area contributed by atoms with Gasteiger partial charge in [0.2, 0.25) is 10.0 Å². The Labute approximate surface area is 158 Å². The zero-order chi connectivity index (χ0) is 19.3. The van der Waals surface area contributed by atoms with E-state index in [-0.39, 0.29) is 10.8 Å². The van der Waals surface area contributed by atoms with Crippen molar-refractivity contribution < 1.29 is 17.9 Å². The highest BCUT2D eigenvalue weighted by Crippen LogP contribution is 2.28. The summed E-state index contributed by atoms with van der Waals surface area (Å²) in [5, 5.41) is 3.16. The van der Waals surface area contributed by atoms with Crippen molar-refractivity contribution in [3.8, 4) is 5.75 Å². The smallest absolute Gasteiger partial charge is 0.255 e. The molecular formula is C18H21ClN2O4S. The van der Waals surface area contributed by atoms with Crippen LogP contribution in [0.25, 0.3) is 0 Å². The van der Waals surface area contributed by atoms with Gasteiger partial charge in [-0.1, -0.05) is 25.4 Å². The van der Waals surface area contributed by atoms with Gasteiger partial charge in [0.15, 0.2) is 0 Å². The topological polar surface area (TPSA) is 84.5 Å². The molecule has 2 N–H and O–H groups in total. The second kappa shape index (κ2) is 8.53. The number of carbonyl (C=O) groups is 1. The largest absolute Gasteiger partial charge is 0.495 e. The van der Waals surface area contributed by atoms with E-state index in [2.05, 4.69) is 10.0 Å². The normalized spacial score (nSPS) is 11.4. The number of benzene rings is 2. The van der Waals surface area contributed by atoms with E-state index < -0.39 is 15.9 Å². The molecule has 0 spiro atoms. The average molecular weight is 397 g/mol. The van der Waals surface area contributed by atoms with Gasteiger partial charge in [0, 0.05) is 17.1 Å². The number of halogens is 1. The second-order valence-corrected chi connectivity index (χ2v) is 8.27. The predicted molar refractivity (Wildman–Crippen MR) is 102 cm³/mol. The average Bonchev–Trinajstić information content (AvgIpc) is 2.60. The Morgan fingerprint density at radius 1 is 1.15 bits per heavy atom. The minimum absolute atomic E-state index is 0.107. The van der Waals surface area contributed by atoms with Gasteiger partial charge in [0.25, 0.3) is 5.91 Å². The lowest BCUT2D eigenvalue weighted by molar-refractivity contribution is 0.102. The highest BCUT2D eigenvalue weighted by Gasteiger charge is 2.16. The number of hydrogen-bond donors (Lipinski definition) is 2. The molecule has 0 aliphatic rings. The molecule has 0 saturated carbocycles. The van der Waals surface area contributed by atoms with E-state index in [9.17, 15) is 13.2 Å². The first-order valence-corrected chi connectivity index (χ1v) is 9.83. The summed E-state index contributed by atoms with van der Waals surface area (Å²) in [5.74, 6) is 0.270. The summed E-state index contributed by atoms with van der Waals surface area (Å²) < 4.78 is 32.1. The zero-order valence-electron chi connectivity index (χ0n) is 14.7. The maximum atomic E-state index is 12.4. The van der Waals surface area contributed by atoms with E-state index in [4.69, 9.17) is 16.3 Å². The van der Waals surface area contributed by atoms with E-state index in [0.717, 1.165) is 0 Å². The van der Waals surface area contributed by atoms with E-state index in [1.807, 2.05) is 13.8 Å². The molecule has 0 aromatic heterocycles. The number of carbonyl (C=O) groups excluding carboxylic acids is 1. The van der Waals surface area contributed by atoms with E-state index >= 15 is 0 Å². The van der Waals surface area contributed by atoms with Crippen LogP contribution in [0.2, 0.25) is 5.02 Å². The van der Waals surface area contributed by atoms with Gasteiger partial charge in [-0.3, -0.25) is 4.79 Å². The SMILES string of the molecule is COc1ccc(Cl)cc1NC(=O)c1ccc(S(=O)(=O)NCC(C)C)cc1. The Balaban J connectivity index is 2.15. The molecule has 0 aliphatic heterocycles. The van der Waals surface area contributed by atoms with Crippen LogP contribution in [-0.2, 0) is 10.0 Å². The van der Waals surface area contributed by atoms with Crippen molar-refractivity contribution in [2.45, 2.75) is 18.7 Å². The molecule has 0 bridgehead atoms. The second-order valence-electron chi connectivity index (χ2n) is 6.07. The molecular weight excluding hydrogens is 376 g/mol. The summed E-state index contributed by atoms with van der Waals surface area (Å²) in [4.78, 5) is 12.5. The van der Waals surface area contributed by atoms with Crippen molar-refractivity contribution in [2.75, 3.05) is 19.0 Å². The van der Waals surface area contributed by atoms with Crippen molar-refractivity contribution in [3.05, 3.63) is 53.1 Å². The number of nitrogens with one attached hydrogen (secondary N) is 2. The van der Waals surface area contributed by atoms with Crippen molar-refractivity contribution in [1.29, 1.82) is 0 Å². The van der Waals surface area contributed by atoms with Crippen LogP contribution in [0.3, 0.4) is 0 Å². The van der Waals surface area contributed by atoms with Gasteiger partial charge >= 0.3 is 0 Å². The van der Waals surface area contributed by atoms with Crippen LogP contribution in [0.1, 0.15) is 24.2 Å². The Morgan fingerprint density at radius 2 is 1.81 bits per heavy atom. The van der Waals surface area contributed by atoms with Gasteiger partial charge in [-0.15, -0.1) is 0 Å². The molecule has 2 aromatic rings. The van der Waals surface area contributed by atoms with Crippen LogP contribution in [0.15, 0.2) is 47.4 Å². The zero-order valence-corrected chi connectivity index (χ0v) is 16.3. The predicted octanol–water partition coefficient (Wildman–Crippen LogP) is 3.54. The number of anilines is 1. The van der Waals surface area contributed by atoms with Crippen LogP contribution < -0.4 is 14.8 Å². The minimum Gasteiger partial charge on any atom is -0.495 e. The third kappa shape index (κ3) is 5.20. The molecule has 0 fully saturated rings. The number of sulfonamides is 1. The fourth-order valence-electron chi connectivity index (χ4n) is 2.12. The Kier molecular flexibility index (Phi) is 6.63. The standard InChI is InChI=1S/C18H21ClN2O4S/c1-12(2)11-20-26(23,24)15-7-4-13(5-8-15)18(22)21-16-10-14(19)6-9-17(16)25-3/h4-10,12,20H,11H2,1-3H3,(H,21,22). The number of ether oxygens (including phenoxy) is 1. The van der Waals surface area contributed by atoms with Crippen LogP contribution >= 0.6 is 11.6 Å². The molecule has 8 heteroatoms. The maximum absolute atomic E-state index is 12.4. The molecule has 140 valence electrons. The lowest BCUT2D eigenvalue weighted by atomic mass is 10.2. The lowest BCUT2D eigenvalue weighted by Crippen LogP contribution is -2.27. The van der Waals surface area contributed by atoms with Gasteiger partial charge in [0.1, 0.15) is 5.75 Å². The molecule has 1 amide bonds. The molecule has 0 atom stereocenters. The molecule has 0 unspecified atom stereocenters. The Morgan fingerprint density at radius 3 is 2.38 bits per heavy atom. The van der Waals surface area contributed by atoms with Gasteiger partial charge in [-0.2, -0.15) is 0 Å². The Bertz CT molecular complexity index is 881. The fourth-order valence-corrected chi connectivity index (χ4v) is 3.50. The highest BCUT2D eigenvalue weighted by molar-refractivity contribution is 7.89. The summed E-state index contributed by atoms with van der Waals surface area (Å²) >= 11 is 5.95. The number of amides is 1. The highest BCUT2D eigenvalue weighted by atomic mass is 35.5. The maximum Gasteiger partial charge on any atom is 0.255 e. The fraction of sp³-hybridized carbons (Fsp3) is 0.278. The monoisotopic (exact) mass is 396 g/mol. The van der Waals surface area contributed by atoms with Crippen LogP contribution in [-0.4, -0.2) is 28.0 Å². The summed E-state index contributed by atoms with van der Waals surface area (Å²) in [6.07, 6.45) is 0. The van der Waals surface area contributed by atoms with Crippen LogP contribution in [0.4, 0.5) is 5.69 Å². The van der Waals surface area contributed by atoms with Gasteiger partial charge < -0.3 is 10.1 Å². The first-order chi connectivity index (χ1) is 12.2. The van der Waals surface area contributed by atoms with Gasteiger partial charge in [-0.05, 0) is 48.4 Å². The molecule has 26 heavy (non-hydrogen) atoms.